The molecule has 6 nitrogen and oxygen atoms in total. The predicted molar refractivity (Wildman–Crippen MR) is 135 cm³/mol. The number of amides is 1. The highest BCUT2D eigenvalue weighted by Gasteiger charge is 2.29. The second kappa shape index (κ2) is 11.0. The Bertz CT molecular complexity index is 1250. The van der Waals surface area contributed by atoms with E-state index in [2.05, 4.69) is 4.90 Å². The molecule has 0 atom stereocenters. The topological polar surface area (TPSA) is 65.8 Å². The van der Waals surface area contributed by atoms with Crippen LogP contribution in [0.3, 0.4) is 0 Å². The molecule has 0 radical (unpaired) electrons. The molecule has 2 aromatic carbocycles. The van der Waals surface area contributed by atoms with Gasteiger partial charge in [-0.25, -0.2) is 8.78 Å². The number of carboxylic acid groups (broad SMARTS) is 1. The number of aromatic nitrogens is 1. The first-order valence-corrected chi connectivity index (χ1v) is 12.1. The molecule has 1 N–H and O–H groups in total. The third-order valence-corrected chi connectivity index (χ3v) is 7.36. The molecule has 192 valence electrons. The van der Waals surface area contributed by atoms with Crippen molar-refractivity contribution in [1.29, 1.82) is 0 Å². The number of nitrogens with zero attached hydrogens (tertiary/aromatic N) is 3. The molecule has 0 bridgehead atoms. The summed E-state index contributed by atoms with van der Waals surface area (Å²) in [4.78, 5) is 28.1. The number of rotatable bonds is 6. The van der Waals surface area contributed by atoms with Crippen LogP contribution < -0.4 is 0 Å². The number of carboxylic acids is 1. The molecule has 36 heavy (non-hydrogen) atoms. The Labute approximate surface area is 214 Å². The molecule has 0 spiro atoms. The van der Waals surface area contributed by atoms with Gasteiger partial charge in [0.1, 0.15) is 11.6 Å². The molecule has 1 aromatic heterocycles. The van der Waals surface area contributed by atoms with Gasteiger partial charge < -0.3 is 14.6 Å². The highest BCUT2D eigenvalue weighted by molar-refractivity contribution is 5.87. The minimum atomic E-state index is -0.767. The Hall–Kier alpha value is -2.97. The summed E-state index contributed by atoms with van der Waals surface area (Å²) in [5, 5.41) is 9.88. The molecule has 3 heterocycles. The third-order valence-electron chi connectivity index (χ3n) is 7.36. The molecule has 3 aromatic rings. The Balaban J connectivity index is 0.00000304. The van der Waals surface area contributed by atoms with Gasteiger partial charge in [0.15, 0.2) is 0 Å². The molecule has 1 fully saturated rings. The number of likely N-dealkylation sites (tertiary alicyclic amines) is 1. The first kappa shape index (κ1) is 26.1. The van der Waals surface area contributed by atoms with E-state index in [0.29, 0.717) is 38.1 Å². The molecule has 5 rings (SSSR count). The molecule has 0 aliphatic carbocycles. The van der Waals surface area contributed by atoms with E-state index in [4.69, 9.17) is 5.11 Å². The first-order valence-electron chi connectivity index (χ1n) is 12.1. The van der Waals surface area contributed by atoms with Crippen LogP contribution in [0.2, 0.25) is 0 Å². The highest BCUT2D eigenvalue weighted by Crippen LogP contribution is 2.33. The van der Waals surface area contributed by atoms with Gasteiger partial charge in [0.05, 0.1) is 18.6 Å². The number of para-hydroxylation sites is 1. The van der Waals surface area contributed by atoms with Crippen LogP contribution in [0, 0.1) is 17.6 Å². The average molecular weight is 518 g/mol. The number of halogens is 3. The molecule has 9 heteroatoms. The van der Waals surface area contributed by atoms with Gasteiger partial charge in [-0.1, -0.05) is 24.3 Å². The maximum Gasteiger partial charge on any atom is 0.303 e. The molecule has 2 aliphatic heterocycles. The molecule has 1 saturated heterocycles. The standard InChI is InChI=1S/C27H29F2N3O3.ClH/c28-20-6-4-19(5-7-20)15-32-24-16-31(13-10-21(24)22-2-1-3-23(29)27(22)32)25(33)17-30-11-8-18(9-12-30)14-26(34)35;/h1-7,18H,8-17H2,(H,34,35);1H. The minimum absolute atomic E-state index is 0. The van der Waals surface area contributed by atoms with E-state index in [1.165, 1.54) is 18.2 Å². The van der Waals surface area contributed by atoms with Gasteiger partial charge in [0.25, 0.3) is 0 Å². The van der Waals surface area contributed by atoms with Gasteiger partial charge in [-0.2, -0.15) is 0 Å². The quantitative estimate of drug-likeness (QED) is 0.524. The van der Waals surface area contributed by atoms with Gasteiger partial charge in [-0.05, 0) is 67.6 Å². The number of fused-ring (bicyclic) bond motifs is 3. The number of carbonyl (C=O) groups is 2. The van der Waals surface area contributed by atoms with Crippen LogP contribution in [0.1, 0.15) is 36.1 Å². The van der Waals surface area contributed by atoms with Crippen LogP contribution in [0.15, 0.2) is 42.5 Å². The van der Waals surface area contributed by atoms with Crippen molar-refractivity contribution in [2.24, 2.45) is 5.92 Å². The average Bonchev–Trinajstić information content (AvgIpc) is 3.15. The molecular weight excluding hydrogens is 488 g/mol. The molecule has 2 aliphatic rings. The highest BCUT2D eigenvalue weighted by atomic mass is 35.5. The fourth-order valence-corrected chi connectivity index (χ4v) is 5.50. The molecule has 1 amide bonds. The Kier molecular flexibility index (Phi) is 7.95. The lowest BCUT2D eigenvalue weighted by molar-refractivity contribution is -0.139. The van der Waals surface area contributed by atoms with Crippen molar-refractivity contribution in [3.8, 4) is 0 Å². The molecule has 0 saturated carbocycles. The van der Waals surface area contributed by atoms with Gasteiger partial charge in [-0.15, -0.1) is 12.4 Å². The van der Waals surface area contributed by atoms with Gasteiger partial charge in [0.2, 0.25) is 5.91 Å². The van der Waals surface area contributed by atoms with Crippen molar-refractivity contribution in [3.05, 3.63) is 70.9 Å². The van der Waals surface area contributed by atoms with Gasteiger partial charge >= 0.3 is 5.97 Å². The zero-order valence-corrected chi connectivity index (χ0v) is 20.8. The van der Waals surface area contributed by atoms with E-state index in [0.717, 1.165) is 48.1 Å². The van der Waals surface area contributed by atoms with Crippen LogP contribution in [0.4, 0.5) is 8.78 Å². The number of benzene rings is 2. The van der Waals surface area contributed by atoms with E-state index in [9.17, 15) is 18.4 Å². The monoisotopic (exact) mass is 517 g/mol. The van der Waals surface area contributed by atoms with E-state index >= 15 is 0 Å². The largest absolute Gasteiger partial charge is 0.481 e. The molecular formula is C27H30ClF2N3O3. The van der Waals surface area contributed by atoms with Crippen LogP contribution in [0.25, 0.3) is 10.9 Å². The number of hydrogen-bond donors (Lipinski definition) is 1. The Morgan fingerprint density at radius 1 is 1.00 bits per heavy atom. The summed E-state index contributed by atoms with van der Waals surface area (Å²) in [6.45, 7) is 3.12. The minimum Gasteiger partial charge on any atom is -0.481 e. The zero-order chi connectivity index (χ0) is 24.5. The fourth-order valence-electron chi connectivity index (χ4n) is 5.50. The Morgan fingerprint density at radius 3 is 2.42 bits per heavy atom. The van der Waals surface area contributed by atoms with Crippen molar-refractivity contribution >= 4 is 35.2 Å². The fraction of sp³-hybridized carbons (Fsp3) is 0.407. The first-order chi connectivity index (χ1) is 16.9. The number of aliphatic carboxylic acids is 1. The number of hydrogen-bond acceptors (Lipinski definition) is 3. The second-order valence-corrected chi connectivity index (χ2v) is 9.66. The summed E-state index contributed by atoms with van der Waals surface area (Å²) in [6.07, 6.45) is 2.41. The van der Waals surface area contributed by atoms with E-state index < -0.39 is 5.97 Å². The third kappa shape index (κ3) is 5.39. The summed E-state index contributed by atoms with van der Waals surface area (Å²) in [6, 6.07) is 11.3. The van der Waals surface area contributed by atoms with Gasteiger partial charge in [-0.3, -0.25) is 14.5 Å². The van der Waals surface area contributed by atoms with Crippen molar-refractivity contribution < 1.29 is 23.5 Å². The van der Waals surface area contributed by atoms with E-state index in [-0.39, 0.29) is 42.3 Å². The zero-order valence-electron chi connectivity index (χ0n) is 20.0. The van der Waals surface area contributed by atoms with Crippen molar-refractivity contribution in [3.63, 3.8) is 0 Å². The maximum atomic E-state index is 15.0. The van der Waals surface area contributed by atoms with Crippen LogP contribution in [0.5, 0.6) is 0 Å². The summed E-state index contributed by atoms with van der Waals surface area (Å²) in [5.74, 6) is -1.18. The van der Waals surface area contributed by atoms with Crippen LogP contribution in [-0.2, 0) is 29.1 Å². The number of piperidine rings is 1. The normalized spacial score (nSPS) is 16.6. The van der Waals surface area contributed by atoms with Crippen molar-refractivity contribution in [2.75, 3.05) is 26.2 Å². The lowest BCUT2D eigenvalue weighted by atomic mass is 9.93. The lowest BCUT2D eigenvalue weighted by Crippen LogP contribution is -2.45. The summed E-state index contributed by atoms with van der Waals surface area (Å²) >= 11 is 0. The maximum absolute atomic E-state index is 15.0. The van der Waals surface area contributed by atoms with E-state index in [1.54, 1.807) is 18.2 Å². The van der Waals surface area contributed by atoms with Crippen molar-refractivity contribution in [1.82, 2.24) is 14.4 Å². The summed E-state index contributed by atoms with van der Waals surface area (Å²) in [7, 11) is 0. The Morgan fingerprint density at radius 2 is 1.72 bits per heavy atom. The van der Waals surface area contributed by atoms with Gasteiger partial charge in [0, 0.05) is 30.6 Å². The van der Waals surface area contributed by atoms with E-state index in [1.807, 2.05) is 15.5 Å². The lowest BCUT2D eigenvalue weighted by Gasteiger charge is -2.34. The summed E-state index contributed by atoms with van der Waals surface area (Å²) in [5.41, 5.74) is 3.38. The summed E-state index contributed by atoms with van der Waals surface area (Å²) < 4.78 is 30.3. The van der Waals surface area contributed by atoms with Crippen molar-refractivity contribution in [2.45, 2.75) is 38.8 Å². The SMILES string of the molecule is Cl.O=C(O)CC1CCN(CC(=O)N2CCc3c(n(Cc4ccc(F)cc4)c4c(F)cccc34)C2)CC1. The second-order valence-electron chi connectivity index (χ2n) is 9.66. The van der Waals surface area contributed by atoms with Crippen LogP contribution >= 0.6 is 12.4 Å². The number of carbonyl (C=O) groups excluding carboxylic acids is 1. The predicted octanol–water partition coefficient (Wildman–Crippen LogP) is 4.46. The van der Waals surface area contributed by atoms with Crippen LogP contribution in [-0.4, -0.2) is 57.5 Å². The molecule has 0 unspecified atom stereocenters. The smallest absolute Gasteiger partial charge is 0.303 e.